The molecule has 0 spiro atoms. The average molecular weight is 293 g/mol. The Morgan fingerprint density at radius 1 is 1.05 bits per heavy atom. The predicted molar refractivity (Wildman–Crippen MR) is 84.6 cm³/mol. The van der Waals surface area contributed by atoms with E-state index in [4.69, 9.17) is 14.2 Å². The van der Waals surface area contributed by atoms with Crippen molar-refractivity contribution in [3.8, 4) is 28.4 Å². The van der Waals surface area contributed by atoms with Crippen LogP contribution >= 0.6 is 0 Å². The maximum absolute atomic E-state index is 5.67. The Balaban J connectivity index is 2.01. The van der Waals surface area contributed by atoms with Crippen LogP contribution in [0.3, 0.4) is 0 Å². The summed E-state index contributed by atoms with van der Waals surface area (Å²) in [5.41, 5.74) is 4.07. The fourth-order valence-electron chi connectivity index (χ4n) is 2.82. The quantitative estimate of drug-likeness (QED) is 0.717. The van der Waals surface area contributed by atoms with Crippen molar-refractivity contribution in [2.75, 3.05) is 13.9 Å². The van der Waals surface area contributed by atoms with Crippen LogP contribution in [-0.4, -0.2) is 18.9 Å². The van der Waals surface area contributed by atoms with E-state index in [0.29, 0.717) is 0 Å². The van der Waals surface area contributed by atoms with E-state index < -0.39 is 0 Å². The Morgan fingerprint density at radius 2 is 1.86 bits per heavy atom. The van der Waals surface area contributed by atoms with Crippen LogP contribution in [0.15, 0.2) is 42.5 Å². The van der Waals surface area contributed by atoms with Crippen LogP contribution in [0.1, 0.15) is 5.69 Å². The van der Waals surface area contributed by atoms with E-state index in [1.807, 2.05) is 43.3 Å². The summed E-state index contributed by atoms with van der Waals surface area (Å²) in [4.78, 5) is 4.61. The van der Waals surface area contributed by atoms with E-state index in [0.717, 1.165) is 45.0 Å². The average Bonchev–Trinajstić information content (AvgIpc) is 3.02. The number of hydrogen-bond acceptors (Lipinski definition) is 4. The van der Waals surface area contributed by atoms with Gasteiger partial charge in [-0.3, -0.25) is 4.98 Å². The minimum Gasteiger partial charge on any atom is -0.497 e. The zero-order valence-corrected chi connectivity index (χ0v) is 12.4. The molecule has 0 fully saturated rings. The van der Waals surface area contributed by atoms with Crippen LogP contribution in [0.5, 0.6) is 17.2 Å². The molecule has 110 valence electrons. The molecule has 1 aliphatic heterocycles. The van der Waals surface area contributed by atoms with Crippen molar-refractivity contribution in [1.29, 1.82) is 0 Å². The molecular weight excluding hydrogens is 278 g/mol. The third-order valence-corrected chi connectivity index (χ3v) is 3.84. The number of pyridine rings is 1. The summed E-state index contributed by atoms with van der Waals surface area (Å²) in [7, 11) is 1.67. The number of hydrogen-bond donors (Lipinski definition) is 0. The summed E-state index contributed by atoms with van der Waals surface area (Å²) in [5, 5.41) is 0.991. The standard InChI is InChI=1S/C18H15NO3/c1-11-9-14(12-3-5-13(20-2)6-4-12)17-15(19-11)7-8-16-18(17)22-10-21-16/h3-9H,10H2,1-2H3. The SMILES string of the molecule is COc1ccc(-c2cc(C)nc3ccc4c(c23)OCO4)cc1. The number of methoxy groups -OCH3 is 1. The molecule has 0 N–H and O–H groups in total. The minimum absolute atomic E-state index is 0.254. The summed E-state index contributed by atoms with van der Waals surface area (Å²) in [5.74, 6) is 2.38. The van der Waals surface area contributed by atoms with Crippen molar-refractivity contribution in [3.63, 3.8) is 0 Å². The predicted octanol–water partition coefficient (Wildman–Crippen LogP) is 3.95. The van der Waals surface area contributed by atoms with E-state index in [1.54, 1.807) is 7.11 Å². The monoisotopic (exact) mass is 293 g/mol. The Bertz CT molecular complexity index is 856. The zero-order chi connectivity index (χ0) is 15.1. The van der Waals surface area contributed by atoms with E-state index in [1.165, 1.54) is 0 Å². The van der Waals surface area contributed by atoms with Gasteiger partial charge in [-0.25, -0.2) is 0 Å². The second kappa shape index (κ2) is 4.91. The van der Waals surface area contributed by atoms with Crippen LogP contribution < -0.4 is 14.2 Å². The van der Waals surface area contributed by atoms with Crippen molar-refractivity contribution in [2.45, 2.75) is 6.92 Å². The zero-order valence-electron chi connectivity index (χ0n) is 12.4. The van der Waals surface area contributed by atoms with Crippen LogP contribution in [0.25, 0.3) is 22.0 Å². The first-order valence-corrected chi connectivity index (χ1v) is 7.10. The lowest BCUT2D eigenvalue weighted by Gasteiger charge is -2.11. The highest BCUT2D eigenvalue weighted by atomic mass is 16.7. The van der Waals surface area contributed by atoms with Crippen LogP contribution in [0.2, 0.25) is 0 Å². The maximum Gasteiger partial charge on any atom is 0.231 e. The molecule has 0 unspecified atom stereocenters. The molecule has 1 aromatic heterocycles. The van der Waals surface area contributed by atoms with Gasteiger partial charge in [0, 0.05) is 5.69 Å². The van der Waals surface area contributed by atoms with Gasteiger partial charge in [0.25, 0.3) is 0 Å². The van der Waals surface area contributed by atoms with Crippen molar-refractivity contribution < 1.29 is 14.2 Å². The molecule has 2 heterocycles. The van der Waals surface area contributed by atoms with E-state index in [2.05, 4.69) is 11.1 Å². The molecule has 0 atom stereocenters. The summed E-state index contributed by atoms with van der Waals surface area (Å²) in [6.07, 6.45) is 0. The van der Waals surface area contributed by atoms with E-state index in [9.17, 15) is 0 Å². The van der Waals surface area contributed by atoms with E-state index in [-0.39, 0.29) is 6.79 Å². The number of rotatable bonds is 2. The van der Waals surface area contributed by atoms with Gasteiger partial charge < -0.3 is 14.2 Å². The summed E-state index contributed by atoms with van der Waals surface area (Å²) >= 11 is 0. The Morgan fingerprint density at radius 3 is 2.64 bits per heavy atom. The third-order valence-electron chi connectivity index (χ3n) is 3.84. The lowest BCUT2D eigenvalue weighted by atomic mass is 9.99. The number of nitrogens with zero attached hydrogens (tertiary/aromatic N) is 1. The molecule has 0 saturated carbocycles. The molecule has 3 aromatic rings. The number of fused-ring (bicyclic) bond motifs is 3. The fourth-order valence-corrected chi connectivity index (χ4v) is 2.82. The fraction of sp³-hybridized carbons (Fsp3) is 0.167. The highest BCUT2D eigenvalue weighted by Crippen LogP contribution is 2.43. The van der Waals surface area contributed by atoms with Crippen LogP contribution in [-0.2, 0) is 0 Å². The van der Waals surface area contributed by atoms with Crippen molar-refractivity contribution in [3.05, 3.63) is 48.2 Å². The van der Waals surface area contributed by atoms with Gasteiger partial charge in [0.15, 0.2) is 11.5 Å². The Kier molecular flexibility index (Phi) is 2.89. The largest absolute Gasteiger partial charge is 0.497 e. The lowest BCUT2D eigenvalue weighted by molar-refractivity contribution is 0.175. The summed E-state index contributed by atoms with van der Waals surface area (Å²) in [6.45, 7) is 2.25. The van der Waals surface area contributed by atoms with Crippen molar-refractivity contribution >= 4 is 10.9 Å². The summed E-state index contributed by atoms with van der Waals surface area (Å²) < 4.78 is 16.4. The molecule has 2 aromatic carbocycles. The second-order valence-corrected chi connectivity index (χ2v) is 5.23. The van der Waals surface area contributed by atoms with Gasteiger partial charge >= 0.3 is 0 Å². The molecule has 0 amide bonds. The van der Waals surface area contributed by atoms with Gasteiger partial charge in [-0.1, -0.05) is 12.1 Å². The van der Waals surface area contributed by atoms with E-state index >= 15 is 0 Å². The molecule has 0 radical (unpaired) electrons. The van der Waals surface area contributed by atoms with Crippen LogP contribution in [0.4, 0.5) is 0 Å². The maximum atomic E-state index is 5.67. The number of benzene rings is 2. The van der Waals surface area contributed by atoms with Gasteiger partial charge in [0.05, 0.1) is 18.0 Å². The smallest absolute Gasteiger partial charge is 0.231 e. The van der Waals surface area contributed by atoms with Crippen molar-refractivity contribution in [2.24, 2.45) is 0 Å². The minimum atomic E-state index is 0.254. The first-order chi connectivity index (χ1) is 10.8. The Labute approximate surface area is 128 Å². The number of aromatic nitrogens is 1. The molecular formula is C18H15NO3. The molecule has 4 nitrogen and oxygen atoms in total. The van der Waals surface area contributed by atoms with Gasteiger partial charge in [-0.05, 0) is 48.4 Å². The number of ether oxygens (including phenoxy) is 3. The number of aryl methyl sites for hydroxylation is 1. The third kappa shape index (κ3) is 1.96. The molecule has 0 saturated heterocycles. The normalized spacial score (nSPS) is 12.6. The first kappa shape index (κ1) is 13.0. The van der Waals surface area contributed by atoms with Gasteiger partial charge in [0.1, 0.15) is 5.75 Å². The van der Waals surface area contributed by atoms with Gasteiger partial charge in [0.2, 0.25) is 6.79 Å². The molecule has 22 heavy (non-hydrogen) atoms. The molecule has 0 bridgehead atoms. The molecule has 4 heteroatoms. The first-order valence-electron chi connectivity index (χ1n) is 7.10. The summed E-state index contributed by atoms with van der Waals surface area (Å²) in [6, 6.07) is 14.0. The molecule has 4 rings (SSSR count). The molecule has 1 aliphatic rings. The van der Waals surface area contributed by atoms with Crippen LogP contribution in [0, 0.1) is 6.92 Å². The topological polar surface area (TPSA) is 40.6 Å². The highest BCUT2D eigenvalue weighted by molar-refractivity contribution is 6.01. The highest BCUT2D eigenvalue weighted by Gasteiger charge is 2.20. The van der Waals surface area contributed by atoms with Gasteiger partial charge in [-0.2, -0.15) is 0 Å². The lowest BCUT2D eigenvalue weighted by Crippen LogP contribution is -1.94. The Hall–Kier alpha value is -2.75. The second-order valence-electron chi connectivity index (χ2n) is 5.23. The molecule has 0 aliphatic carbocycles. The van der Waals surface area contributed by atoms with Gasteiger partial charge in [-0.15, -0.1) is 0 Å². The van der Waals surface area contributed by atoms with Crippen molar-refractivity contribution in [1.82, 2.24) is 4.98 Å².